The van der Waals surface area contributed by atoms with Crippen molar-refractivity contribution in [2.45, 2.75) is 6.42 Å². The maximum atomic E-state index is 13.0. The van der Waals surface area contributed by atoms with Crippen molar-refractivity contribution in [1.29, 1.82) is 5.26 Å². The van der Waals surface area contributed by atoms with Crippen LogP contribution < -0.4 is 0 Å². The van der Waals surface area contributed by atoms with Crippen molar-refractivity contribution in [2.24, 2.45) is 0 Å². The van der Waals surface area contributed by atoms with E-state index < -0.39 is 11.6 Å². The lowest BCUT2D eigenvalue weighted by atomic mass is 10.1. The standard InChI is InChI=1S/C13H7ClF2N2/c14-13-9(7-17)1-2-12(18-13)5-8-3-10(15)6-11(16)4-8/h1-4,6H,5H2. The zero-order chi connectivity index (χ0) is 13.1. The first-order chi connectivity index (χ1) is 8.58. The summed E-state index contributed by atoms with van der Waals surface area (Å²) in [5, 5.41) is 8.79. The molecule has 0 saturated carbocycles. The highest BCUT2D eigenvalue weighted by Crippen LogP contribution is 2.16. The van der Waals surface area contributed by atoms with Crippen LogP contribution in [0.1, 0.15) is 16.8 Å². The second-order valence-corrected chi connectivity index (χ2v) is 4.07. The molecule has 90 valence electrons. The summed E-state index contributed by atoms with van der Waals surface area (Å²) in [5.41, 5.74) is 1.27. The number of pyridine rings is 1. The maximum absolute atomic E-state index is 13.0. The number of aromatic nitrogens is 1. The number of benzene rings is 1. The average Bonchev–Trinajstić information content (AvgIpc) is 2.27. The smallest absolute Gasteiger partial charge is 0.147 e. The zero-order valence-corrected chi connectivity index (χ0v) is 9.88. The van der Waals surface area contributed by atoms with E-state index in [1.165, 1.54) is 18.2 Å². The Morgan fingerprint density at radius 3 is 2.39 bits per heavy atom. The molecule has 0 spiro atoms. The summed E-state index contributed by atoms with van der Waals surface area (Å²) in [6.07, 6.45) is 0.250. The Morgan fingerprint density at radius 1 is 1.17 bits per heavy atom. The van der Waals surface area contributed by atoms with Crippen molar-refractivity contribution in [3.05, 3.63) is 63.9 Å². The van der Waals surface area contributed by atoms with Gasteiger partial charge in [0.05, 0.1) is 5.56 Å². The van der Waals surface area contributed by atoms with E-state index in [9.17, 15) is 8.78 Å². The van der Waals surface area contributed by atoms with Crippen molar-refractivity contribution >= 4 is 11.6 Å². The quantitative estimate of drug-likeness (QED) is 0.779. The highest BCUT2D eigenvalue weighted by Gasteiger charge is 2.06. The van der Waals surface area contributed by atoms with Gasteiger partial charge in [0.2, 0.25) is 0 Å². The van der Waals surface area contributed by atoms with Crippen LogP contribution in [-0.4, -0.2) is 4.98 Å². The van der Waals surface area contributed by atoms with E-state index in [1.807, 2.05) is 6.07 Å². The summed E-state index contributed by atoms with van der Waals surface area (Å²) in [5.74, 6) is -1.27. The molecule has 2 rings (SSSR count). The molecule has 0 radical (unpaired) electrons. The van der Waals surface area contributed by atoms with Gasteiger partial charge in [0, 0.05) is 18.2 Å². The van der Waals surface area contributed by atoms with Crippen molar-refractivity contribution < 1.29 is 8.78 Å². The molecular weight excluding hydrogens is 258 g/mol. The third kappa shape index (κ3) is 2.82. The second kappa shape index (κ2) is 5.11. The summed E-state index contributed by atoms with van der Waals surface area (Å²) < 4.78 is 26.0. The Balaban J connectivity index is 2.29. The SMILES string of the molecule is N#Cc1ccc(Cc2cc(F)cc(F)c2)nc1Cl. The molecule has 2 aromatic rings. The van der Waals surface area contributed by atoms with Gasteiger partial charge in [-0.25, -0.2) is 13.8 Å². The molecule has 0 aliphatic carbocycles. The van der Waals surface area contributed by atoms with Crippen LogP contribution in [0.5, 0.6) is 0 Å². The number of hydrogen-bond acceptors (Lipinski definition) is 2. The van der Waals surface area contributed by atoms with Crippen molar-refractivity contribution in [3.63, 3.8) is 0 Å². The molecule has 0 amide bonds. The Hall–Kier alpha value is -1.99. The fourth-order valence-electron chi connectivity index (χ4n) is 1.58. The monoisotopic (exact) mass is 264 g/mol. The van der Waals surface area contributed by atoms with Gasteiger partial charge in [0.25, 0.3) is 0 Å². The molecule has 18 heavy (non-hydrogen) atoms. The molecule has 0 bridgehead atoms. The largest absolute Gasteiger partial charge is 0.239 e. The molecule has 1 aromatic heterocycles. The molecule has 0 aliphatic heterocycles. The lowest BCUT2D eigenvalue weighted by Gasteiger charge is -2.03. The van der Waals surface area contributed by atoms with Crippen LogP contribution in [0.25, 0.3) is 0 Å². The van der Waals surface area contributed by atoms with Crippen LogP contribution in [0.15, 0.2) is 30.3 Å². The van der Waals surface area contributed by atoms with Crippen molar-refractivity contribution in [3.8, 4) is 6.07 Å². The van der Waals surface area contributed by atoms with E-state index in [-0.39, 0.29) is 17.1 Å². The highest BCUT2D eigenvalue weighted by molar-refractivity contribution is 6.30. The minimum atomic E-state index is -0.634. The van der Waals surface area contributed by atoms with Gasteiger partial charge in [-0.05, 0) is 29.8 Å². The lowest BCUT2D eigenvalue weighted by Crippen LogP contribution is -1.95. The van der Waals surface area contributed by atoms with E-state index in [0.717, 1.165) is 6.07 Å². The van der Waals surface area contributed by atoms with Gasteiger partial charge in [-0.2, -0.15) is 5.26 Å². The fourth-order valence-corrected chi connectivity index (χ4v) is 1.79. The Morgan fingerprint density at radius 2 is 1.83 bits per heavy atom. The third-order valence-electron chi connectivity index (χ3n) is 2.33. The van der Waals surface area contributed by atoms with Crippen LogP contribution >= 0.6 is 11.6 Å². The number of halogens is 3. The van der Waals surface area contributed by atoms with E-state index >= 15 is 0 Å². The Bertz CT molecular complexity index is 615. The van der Waals surface area contributed by atoms with Gasteiger partial charge < -0.3 is 0 Å². The minimum Gasteiger partial charge on any atom is -0.239 e. The first kappa shape index (κ1) is 12.5. The summed E-state index contributed by atoms with van der Waals surface area (Å²) in [7, 11) is 0. The first-order valence-electron chi connectivity index (χ1n) is 5.09. The van der Waals surface area contributed by atoms with E-state index in [0.29, 0.717) is 11.3 Å². The van der Waals surface area contributed by atoms with Crippen LogP contribution in [-0.2, 0) is 6.42 Å². The Labute approximate surface area is 107 Å². The van der Waals surface area contributed by atoms with Crippen LogP contribution in [0.2, 0.25) is 5.15 Å². The average molecular weight is 265 g/mol. The van der Waals surface area contributed by atoms with Gasteiger partial charge in [0.15, 0.2) is 0 Å². The number of nitriles is 1. The summed E-state index contributed by atoms with van der Waals surface area (Å²) in [6, 6.07) is 8.30. The summed E-state index contributed by atoms with van der Waals surface area (Å²) >= 11 is 5.78. The maximum Gasteiger partial charge on any atom is 0.147 e. The zero-order valence-electron chi connectivity index (χ0n) is 9.12. The lowest BCUT2D eigenvalue weighted by molar-refractivity contribution is 0.580. The second-order valence-electron chi connectivity index (χ2n) is 3.71. The van der Waals surface area contributed by atoms with Gasteiger partial charge in [-0.15, -0.1) is 0 Å². The molecule has 2 nitrogen and oxygen atoms in total. The van der Waals surface area contributed by atoms with E-state index in [2.05, 4.69) is 4.98 Å². The number of rotatable bonds is 2. The fraction of sp³-hybridized carbons (Fsp3) is 0.0769. The predicted molar refractivity (Wildman–Crippen MR) is 63.1 cm³/mol. The number of nitrogens with zero attached hydrogens (tertiary/aromatic N) is 2. The normalized spacial score (nSPS) is 10.1. The predicted octanol–water partition coefficient (Wildman–Crippen LogP) is 3.48. The highest BCUT2D eigenvalue weighted by atomic mass is 35.5. The van der Waals surface area contributed by atoms with Gasteiger partial charge in [-0.1, -0.05) is 11.6 Å². The molecular formula is C13H7ClF2N2. The summed E-state index contributed by atoms with van der Waals surface area (Å²) in [4.78, 5) is 4.00. The third-order valence-corrected chi connectivity index (χ3v) is 2.62. The molecule has 0 aliphatic rings. The van der Waals surface area contributed by atoms with Gasteiger partial charge in [-0.3, -0.25) is 0 Å². The molecule has 0 N–H and O–H groups in total. The van der Waals surface area contributed by atoms with Crippen molar-refractivity contribution in [2.75, 3.05) is 0 Å². The van der Waals surface area contributed by atoms with Crippen LogP contribution in [0.3, 0.4) is 0 Å². The van der Waals surface area contributed by atoms with Crippen molar-refractivity contribution in [1.82, 2.24) is 4.98 Å². The molecule has 0 saturated heterocycles. The molecule has 5 heteroatoms. The first-order valence-corrected chi connectivity index (χ1v) is 5.47. The van der Waals surface area contributed by atoms with Gasteiger partial charge >= 0.3 is 0 Å². The number of hydrogen-bond donors (Lipinski definition) is 0. The Kier molecular flexibility index (Phi) is 3.54. The van der Waals surface area contributed by atoms with E-state index in [1.54, 1.807) is 6.07 Å². The molecule has 0 atom stereocenters. The minimum absolute atomic E-state index is 0.0897. The van der Waals surface area contributed by atoms with E-state index in [4.69, 9.17) is 16.9 Å². The summed E-state index contributed by atoms with van der Waals surface area (Å²) in [6.45, 7) is 0. The van der Waals surface area contributed by atoms with Crippen LogP contribution in [0.4, 0.5) is 8.78 Å². The molecule has 0 fully saturated rings. The molecule has 0 unspecified atom stereocenters. The van der Waals surface area contributed by atoms with Crippen LogP contribution in [0, 0.1) is 23.0 Å². The molecule has 1 aromatic carbocycles. The van der Waals surface area contributed by atoms with Gasteiger partial charge in [0.1, 0.15) is 22.9 Å². The molecule has 1 heterocycles. The topological polar surface area (TPSA) is 36.7 Å².